The lowest BCUT2D eigenvalue weighted by Gasteiger charge is -2.31. The normalized spacial score (nSPS) is 14.7. The summed E-state index contributed by atoms with van der Waals surface area (Å²) in [6.45, 7) is 7.44. The summed E-state index contributed by atoms with van der Waals surface area (Å²) >= 11 is 5.19. The van der Waals surface area contributed by atoms with Crippen LogP contribution >= 0.6 is 12.2 Å². The number of hydrogen-bond acceptors (Lipinski definition) is 6. The molecule has 3 N–H and O–H groups in total. The van der Waals surface area contributed by atoms with E-state index in [1.807, 2.05) is 12.1 Å². The molecule has 144 valence electrons. The summed E-state index contributed by atoms with van der Waals surface area (Å²) in [5.41, 5.74) is 9.08. The van der Waals surface area contributed by atoms with Gasteiger partial charge in [-0.2, -0.15) is 0 Å². The Morgan fingerprint density at radius 1 is 1.04 bits per heavy atom. The van der Waals surface area contributed by atoms with E-state index < -0.39 is 17.9 Å². The Balaban J connectivity index is 2.75. The molecule has 1 aromatic carbocycles. The molecule has 2 rings (SSSR count). The molecular weight excluding hydrogens is 364 g/mol. The van der Waals surface area contributed by atoms with E-state index in [-0.39, 0.29) is 18.2 Å². The summed E-state index contributed by atoms with van der Waals surface area (Å²) in [4.78, 5) is 25.7. The minimum Gasteiger partial charge on any atom is -0.463 e. The Morgan fingerprint density at radius 2 is 1.52 bits per heavy atom. The molecule has 1 aromatic rings. The molecule has 0 fully saturated rings. The molecule has 1 aliphatic heterocycles. The summed E-state index contributed by atoms with van der Waals surface area (Å²) in [5, 5.41) is 3.10. The molecule has 0 saturated carbocycles. The Hall–Kier alpha value is -2.67. The molecule has 0 bridgehead atoms. The lowest BCUT2D eigenvalue weighted by Crippen LogP contribution is -2.33. The SMILES string of the molecule is CCOC(=O)C1=C(C)NC(C)=C(C(=O)OCC)C1c1ccccc1C(N)=S. The van der Waals surface area contributed by atoms with Crippen molar-refractivity contribution < 1.29 is 19.1 Å². The number of nitrogens with two attached hydrogens (primary N) is 1. The smallest absolute Gasteiger partial charge is 0.336 e. The lowest BCUT2D eigenvalue weighted by atomic mass is 9.78. The molecule has 0 saturated heterocycles. The highest BCUT2D eigenvalue weighted by molar-refractivity contribution is 7.80. The summed E-state index contributed by atoms with van der Waals surface area (Å²) < 4.78 is 10.5. The van der Waals surface area contributed by atoms with Gasteiger partial charge in [0.1, 0.15) is 4.99 Å². The summed E-state index contributed by atoms with van der Waals surface area (Å²) in [6.07, 6.45) is 0. The number of benzene rings is 1. The molecule has 7 heteroatoms. The molecule has 0 aromatic heterocycles. The zero-order valence-electron chi connectivity index (χ0n) is 15.9. The van der Waals surface area contributed by atoms with Gasteiger partial charge < -0.3 is 20.5 Å². The van der Waals surface area contributed by atoms with Gasteiger partial charge in [0.2, 0.25) is 0 Å². The minimum atomic E-state index is -0.693. The van der Waals surface area contributed by atoms with Gasteiger partial charge in [0.25, 0.3) is 0 Å². The maximum atomic E-state index is 12.7. The van der Waals surface area contributed by atoms with E-state index in [0.717, 1.165) is 0 Å². The van der Waals surface area contributed by atoms with Gasteiger partial charge in [-0.05, 0) is 33.3 Å². The molecule has 6 nitrogen and oxygen atoms in total. The first-order valence-electron chi connectivity index (χ1n) is 8.74. The van der Waals surface area contributed by atoms with E-state index in [1.165, 1.54) is 0 Å². The fourth-order valence-electron chi connectivity index (χ4n) is 3.24. The lowest BCUT2D eigenvalue weighted by molar-refractivity contribution is -0.139. The number of carbonyl (C=O) groups excluding carboxylic acids is 2. The first-order chi connectivity index (χ1) is 12.8. The van der Waals surface area contributed by atoms with Crippen LogP contribution in [0.5, 0.6) is 0 Å². The van der Waals surface area contributed by atoms with Crippen molar-refractivity contribution in [3.8, 4) is 0 Å². The zero-order valence-corrected chi connectivity index (χ0v) is 16.7. The van der Waals surface area contributed by atoms with Crippen molar-refractivity contribution in [3.63, 3.8) is 0 Å². The van der Waals surface area contributed by atoms with Crippen LogP contribution in [0.15, 0.2) is 46.8 Å². The van der Waals surface area contributed by atoms with Crippen molar-refractivity contribution in [2.24, 2.45) is 5.73 Å². The minimum absolute atomic E-state index is 0.186. The highest BCUT2D eigenvalue weighted by Gasteiger charge is 2.39. The van der Waals surface area contributed by atoms with Gasteiger partial charge in [0.15, 0.2) is 0 Å². The molecule has 0 radical (unpaired) electrons. The fourth-order valence-corrected chi connectivity index (χ4v) is 3.42. The van der Waals surface area contributed by atoms with Crippen LogP contribution in [0.25, 0.3) is 0 Å². The number of esters is 2. The maximum absolute atomic E-state index is 12.7. The molecule has 0 spiro atoms. The van der Waals surface area contributed by atoms with E-state index >= 15 is 0 Å². The predicted octanol–water partition coefficient (Wildman–Crippen LogP) is 2.68. The number of allylic oxidation sites excluding steroid dienone is 2. The molecule has 1 aliphatic rings. The molecule has 27 heavy (non-hydrogen) atoms. The van der Waals surface area contributed by atoms with Crippen LogP contribution in [-0.2, 0) is 19.1 Å². The van der Waals surface area contributed by atoms with Gasteiger partial charge in [0, 0.05) is 17.0 Å². The number of thiocarbonyl (C=S) groups is 1. The van der Waals surface area contributed by atoms with Crippen molar-refractivity contribution in [1.29, 1.82) is 0 Å². The van der Waals surface area contributed by atoms with Crippen molar-refractivity contribution >= 4 is 29.1 Å². The second-order valence-corrected chi connectivity index (χ2v) is 6.47. The molecule has 1 heterocycles. The van der Waals surface area contributed by atoms with Crippen LogP contribution in [0.3, 0.4) is 0 Å². The van der Waals surface area contributed by atoms with E-state index in [9.17, 15) is 9.59 Å². The van der Waals surface area contributed by atoms with Gasteiger partial charge in [0.05, 0.1) is 30.3 Å². The van der Waals surface area contributed by atoms with E-state index in [2.05, 4.69) is 5.32 Å². The third kappa shape index (κ3) is 4.19. The second kappa shape index (κ2) is 8.81. The molecule has 0 aliphatic carbocycles. The Labute approximate surface area is 164 Å². The predicted molar refractivity (Wildman–Crippen MR) is 107 cm³/mol. The standard InChI is InChI=1S/C20H24N2O4S/c1-5-25-19(23)15-11(3)22-12(4)16(20(24)26-6-2)17(15)13-9-7-8-10-14(13)18(21)27/h7-10,17,22H,5-6H2,1-4H3,(H2,21,27). The van der Waals surface area contributed by atoms with Crippen molar-refractivity contribution in [1.82, 2.24) is 5.32 Å². The number of dihydropyridines is 1. The van der Waals surface area contributed by atoms with Crippen LogP contribution in [0.1, 0.15) is 44.7 Å². The summed E-state index contributed by atoms with van der Waals surface area (Å²) in [5.74, 6) is -1.69. The number of ether oxygens (including phenoxy) is 2. The third-order valence-electron chi connectivity index (χ3n) is 4.29. The van der Waals surface area contributed by atoms with Crippen LogP contribution in [-0.4, -0.2) is 30.1 Å². The Kier molecular flexibility index (Phi) is 6.74. The fraction of sp³-hybridized carbons (Fsp3) is 0.350. The summed E-state index contributed by atoms with van der Waals surface area (Å²) in [6, 6.07) is 7.20. The molecule has 0 atom stereocenters. The Bertz CT molecular complexity index is 802. The Morgan fingerprint density at radius 3 is 1.96 bits per heavy atom. The quantitative estimate of drug-likeness (QED) is 0.572. The third-order valence-corrected chi connectivity index (χ3v) is 4.51. The van der Waals surface area contributed by atoms with Gasteiger partial charge >= 0.3 is 11.9 Å². The molecular formula is C20H24N2O4S. The van der Waals surface area contributed by atoms with Crippen LogP contribution < -0.4 is 11.1 Å². The first-order valence-corrected chi connectivity index (χ1v) is 9.15. The highest BCUT2D eigenvalue weighted by atomic mass is 32.1. The monoisotopic (exact) mass is 388 g/mol. The number of carbonyl (C=O) groups is 2. The van der Waals surface area contributed by atoms with Crippen LogP contribution in [0, 0.1) is 0 Å². The van der Waals surface area contributed by atoms with Gasteiger partial charge in [-0.3, -0.25) is 0 Å². The number of nitrogens with one attached hydrogen (secondary N) is 1. The van der Waals surface area contributed by atoms with Gasteiger partial charge in [-0.1, -0.05) is 36.5 Å². The molecule has 0 unspecified atom stereocenters. The summed E-state index contributed by atoms with van der Waals surface area (Å²) in [7, 11) is 0. The van der Waals surface area contributed by atoms with E-state index in [4.69, 9.17) is 27.4 Å². The number of rotatable bonds is 6. The van der Waals surface area contributed by atoms with Crippen molar-refractivity contribution in [2.75, 3.05) is 13.2 Å². The average Bonchev–Trinajstić information content (AvgIpc) is 2.61. The zero-order chi connectivity index (χ0) is 20.1. The van der Waals surface area contributed by atoms with Crippen molar-refractivity contribution in [3.05, 3.63) is 57.9 Å². The highest BCUT2D eigenvalue weighted by Crippen LogP contribution is 2.40. The van der Waals surface area contributed by atoms with Crippen LogP contribution in [0.2, 0.25) is 0 Å². The first kappa shape index (κ1) is 20.6. The van der Waals surface area contributed by atoms with Gasteiger partial charge in [-0.15, -0.1) is 0 Å². The van der Waals surface area contributed by atoms with Gasteiger partial charge in [-0.25, -0.2) is 9.59 Å². The van der Waals surface area contributed by atoms with E-state index in [1.54, 1.807) is 39.8 Å². The second-order valence-electron chi connectivity index (χ2n) is 6.03. The van der Waals surface area contributed by atoms with E-state index in [0.29, 0.717) is 33.7 Å². The molecule has 0 amide bonds. The maximum Gasteiger partial charge on any atom is 0.336 e. The largest absolute Gasteiger partial charge is 0.463 e. The topological polar surface area (TPSA) is 90.6 Å². The van der Waals surface area contributed by atoms with Crippen LogP contribution in [0.4, 0.5) is 0 Å². The van der Waals surface area contributed by atoms with Crippen molar-refractivity contribution in [2.45, 2.75) is 33.6 Å². The average molecular weight is 388 g/mol. The number of hydrogen-bond donors (Lipinski definition) is 2.